The van der Waals surface area contributed by atoms with Crippen LogP contribution in [0.2, 0.25) is 0 Å². The van der Waals surface area contributed by atoms with Crippen LogP contribution >= 0.6 is 0 Å². The minimum atomic E-state index is -5.19. The quantitative estimate of drug-likeness (QED) is 0.425. The van der Waals surface area contributed by atoms with E-state index in [1.807, 2.05) is 0 Å². The maximum Gasteiger partial charge on any atom is 0.422 e. The van der Waals surface area contributed by atoms with E-state index in [0.29, 0.717) is 48.5 Å². The molecule has 0 radical (unpaired) electrons. The van der Waals surface area contributed by atoms with E-state index in [-0.39, 0.29) is 0 Å². The third-order valence-corrected chi connectivity index (χ3v) is 4.91. The molecule has 0 bridgehead atoms. The minimum Gasteiger partial charge on any atom is -0.375 e. The number of hydrogen-bond donors (Lipinski definition) is 0. The van der Waals surface area contributed by atoms with Gasteiger partial charge in [0.15, 0.2) is 0 Å². The van der Waals surface area contributed by atoms with Crippen molar-refractivity contribution in [1.82, 2.24) is 0 Å². The normalized spacial score (nSPS) is 17.8. The Labute approximate surface area is 153 Å². The second-order valence-electron chi connectivity index (χ2n) is 7.49. The van der Waals surface area contributed by atoms with Gasteiger partial charge in [0.2, 0.25) is 0 Å². The fraction of sp³-hybridized carbons (Fsp3) is 1.00. The van der Waals surface area contributed by atoms with E-state index in [9.17, 15) is 35.1 Å². The molecule has 0 aromatic rings. The van der Waals surface area contributed by atoms with Gasteiger partial charge in [0.05, 0.1) is 11.0 Å². The lowest BCUT2D eigenvalue weighted by atomic mass is 9.75. The molecule has 0 saturated heterocycles. The Morgan fingerprint density at radius 2 is 1.07 bits per heavy atom. The number of hydrogen-bond acceptors (Lipinski definition) is 3. The molecule has 0 rings (SSSR count). The van der Waals surface area contributed by atoms with Crippen LogP contribution in [0.15, 0.2) is 0 Å². The molecule has 0 N–H and O–H groups in total. The Morgan fingerprint density at radius 1 is 0.667 bits per heavy atom. The number of alkyl halides is 8. The number of rotatable bonds is 10. The van der Waals surface area contributed by atoms with Crippen LogP contribution in [0.1, 0.15) is 48.5 Å². The summed E-state index contributed by atoms with van der Waals surface area (Å²) in [5.41, 5.74) is -5.35. The summed E-state index contributed by atoms with van der Waals surface area (Å²) in [6, 6.07) is 0. The van der Waals surface area contributed by atoms with Crippen LogP contribution in [0.5, 0.6) is 0 Å². The van der Waals surface area contributed by atoms with Gasteiger partial charge in [0.1, 0.15) is 12.2 Å². The first kappa shape index (κ1) is 26.3. The molecule has 0 heterocycles. The van der Waals surface area contributed by atoms with Crippen LogP contribution in [0, 0.1) is 5.41 Å². The van der Waals surface area contributed by atoms with Gasteiger partial charge in [0, 0.05) is 14.0 Å². The standard InChI is InChI=1S/C16H26F8O3/c1-9(13(7,17)18)26-15(21,22)11(3,4)12(5,6)27-16(23,24)14(19,20)10(2)25-8/h9-10H,1-8H3. The van der Waals surface area contributed by atoms with Gasteiger partial charge >= 0.3 is 18.1 Å². The van der Waals surface area contributed by atoms with Crippen molar-refractivity contribution >= 4 is 0 Å². The van der Waals surface area contributed by atoms with Crippen LogP contribution in [-0.4, -0.2) is 49.0 Å². The van der Waals surface area contributed by atoms with E-state index >= 15 is 0 Å². The van der Waals surface area contributed by atoms with Crippen molar-refractivity contribution in [2.24, 2.45) is 5.41 Å². The zero-order valence-electron chi connectivity index (χ0n) is 16.4. The first-order valence-electron chi connectivity index (χ1n) is 7.99. The molecule has 0 fully saturated rings. The SMILES string of the molecule is COC(C)C(F)(F)C(F)(F)OC(C)(C)C(C)(C)C(F)(F)OC(C)C(C)(F)F. The molecule has 0 aromatic heterocycles. The molecule has 2 unspecified atom stereocenters. The molecule has 0 aromatic carbocycles. The lowest BCUT2D eigenvalue weighted by Gasteiger charge is -2.48. The summed E-state index contributed by atoms with van der Waals surface area (Å²) in [4.78, 5) is 0. The maximum absolute atomic E-state index is 14.5. The predicted octanol–water partition coefficient (Wildman–Crippen LogP) is 5.72. The highest BCUT2D eigenvalue weighted by Crippen LogP contribution is 2.52. The second-order valence-corrected chi connectivity index (χ2v) is 7.49. The lowest BCUT2D eigenvalue weighted by Crippen LogP contribution is -2.61. The van der Waals surface area contributed by atoms with Crippen molar-refractivity contribution < 1.29 is 49.3 Å². The van der Waals surface area contributed by atoms with Crippen molar-refractivity contribution in [1.29, 1.82) is 0 Å². The van der Waals surface area contributed by atoms with Gasteiger partial charge in [-0.2, -0.15) is 26.3 Å². The van der Waals surface area contributed by atoms with Crippen molar-refractivity contribution in [3.8, 4) is 0 Å². The van der Waals surface area contributed by atoms with Gasteiger partial charge in [-0.3, -0.25) is 0 Å². The zero-order valence-corrected chi connectivity index (χ0v) is 16.4. The summed E-state index contributed by atoms with van der Waals surface area (Å²) < 4.78 is 124. The van der Waals surface area contributed by atoms with E-state index in [1.165, 1.54) is 0 Å². The van der Waals surface area contributed by atoms with E-state index in [4.69, 9.17) is 0 Å². The Kier molecular flexibility index (Phi) is 7.43. The van der Waals surface area contributed by atoms with Crippen LogP contribution in [0.3, 0.4) is 0 Å². The molecule has 0 saturated carbocycles. The first-order chi connectivity index (χ1) is 11.6. The monoisotopic (exact) mass is 418 g/mol. The Morgan fingerprint density at radius 3 is 1.41 bits per heavy atom. The van der Waals surface area contributed by atoms with Gasteiger partial charge in [-0.05, 0) is 41.5 Å². The molecule has 27 heavy (non-hydrogen) atoms. The molecule has 0 spiro atoms. The van der Waals surface area contributed by atoms with Crippen molar-refractivity contribution in [3.05, 3.63) is 0 Å². The van der Waals surface area contributed by atoms with E-state index < -0.39 is 47.3 Å². The Balaban J connectivity index is 5.77. The average molecular weight is 418 g/mol. The molecule has 0 aliphatic heterocycles. The molecule has 2 atom stereocenters. The molecular formula is C16H26F8O3. The highest BCUT2D eigenvalue weighted by Gasteiger charge is 2.68. The van der Waals surface area contributed by atoms with E-state index in [0.717, 1.165) is 7.11 Å². The largest absolute Gasteiger partial charge is 0.422 e. The van der Waals surface area contributed by atoms with Gasteiger partial charge in [-0.25, -0.2) is 8.78 Å². The Bertz CT molecular complexity index is 500. The second kappa shape index (κ2) is 7.62. The third kappa shape index (κ3) is 5.23. The molecule has 0 aliphatic rings. The third-order valence-electron chi connectivity index (χ3n) is 4.91. The molecule has 0 aliphatic carbocycles. The number of halogens is 8. The summed E-state index contributed by atoms with van der Waals surface area (Å²) >= 11 is 0. The molecule has 11 heteroatoms. The van der Waals surface area contributed by atoms with Gasteiger partial charge in [0.25, 0.3) is 5.92 Å². The highest BCUT2D eigenvalue weighted by atomic mass is 19.3. The smallest absolute Gasteiger partial charge is 0.375 e. The summed E-state index contributed by atoms with van der Waals surface area (Å²) in [7, 11) is 0.762. The predicted molar refractivity (Wildman–Crippen MR) is 81.4 cm³/mol. The van der Waals surface area contributed by atoms with Crippen LogP contribution in [0.25, 0.3) is 0 Å². The fourth-order valence-electron chi connectivity index (χ4n) is 1.72. The van der Waals surface area contributed by atoms with Gasteiger partial charge < -0.3 is 14.2 Å². The number of ether oxygens (including phenoxy) is 3. The molecule has 0 amide bonds. The van der Waals surface area contributed by atoms with Gasteiger partial charge in [-0.15, -0.1) is 0 Å². The van der Waals surface area contributed by atoms with Crippen molar-refractivity contribution in [2.75, 3.05) is 7.11 Å². The minimum absolute atomic E-state index is 0.337. The van der Waals surface area contributed by atoms with Crippen LogP contribution < -0.4 is 0 Å². The van der Waals surface area contributed by atoms with E-state index in [2.05, 4.69) is 14.2 Å². The van der Waals surface area contributed by atoms with Crippen LogP contribution in [-0.2, 0) is 14.2 Å². The van der Waals surface area contributed by atoms with Crippen molar-refractivity contribution in [3.63, 3.8) is 0 Å². The highest BCUT2D eigenvalue weighted by molar-refractivity contribution is 4.97. The average Bonchev–Trinajstić information content (AvgIpc) is 2.42. The molecule has 3 nitrogen and oxygen atoms in total. The van der Waals surface area contributed by atoms with Crippen LogP contribution in [0.4, 0.5) is 35.1 Å². The maximum atomic E-state index is 14.5. The van der Waals surface area contributed by atoms with Gasteiger partial charge in [-0.1, -0.05) is 0 Å². The molecule has 164 valence electrons. The number of methoxy groups -OCH3 is 1. The topological polar surface area (TPSA) is 27.7 Å². The lowest BCUT2D eigenvalue weighted by molar-refractivity contribution is -0.431. The summed E-state index contributed by atoms with van der Waals surface area (Å²) in [6.07, 6.45) is -14.2. The Hall–Kier alpha value is -0.680. The summed E-state index contributed by atoms with van der Waals surface area (Å²) in [5, 5.41) is 0. The zero-order chi connectivity index (χ0) is 22.3. The summed E-state index contributed by atoms with van der Waals surface area (Å²) in [6.45, 7) is 4.44. The summed E-state index contributed by atoms with van der Waals surface area (Å²) in [5.74, 6) is -8.51. The van der Waals surface area contributed by atoms with E-state index in [1.54, 1.807) is 0 Å². The molecular weight excluding hydrogens is 392 g/mol. The van der Waals surface area contributed by atoms with Crippen molar-refractivity contribution in [2.45, 2.75) is 90.3 Å². The fourth-order valence-corrected chi connectivity index (χ4v) is 1.72. The first-order valence-corrected chi connectivity index (χ1v) is 7.99.